The van der Waals surface area contributed by atoms with Gasteiger partial charge in [-0.05, 0) is 85.6 Å². The van der Waals surface area contributed by atoms with Crippen LogP contribution in [0, 0.1) is 47.3 Å². The Balaban J connectivity index is 1.77. The Bertz CT molecular complexity index is 508. The molecule has 0 spiro atoms. The van der Waals surface area contributed by atoms with Crippen molar-refractivity contribution in [3.63, 3.8) is 0 Å². The number of nitrogens with zero attached hydrogens (tertiary/aromatic N) is 1. The van der Waals surface area contributed by atoms with Crippen molar-refractivity contribution in [2.45, 2.75) is 113 Å². The van der Waals surface area contributed by atoms with Gasteiger partial charge in [0, 0.05) is 13.6 Å². The van der Waals surface area contributed by atoms with Gasteiger partial charge in [-0.15, -0.1) is 0 Å². The van der Waals surface area contributed by atoms with Crippen LogP contribution in [0.4, 0.5) is 0 Å². The van der Waals surface area contributed by atoms with Gasteiger partial charge in [-0.2, -0.15) is 0 Å². The Morgan fingerprint density at radius 1 is 0.967 bits per heavy atom. The van der Waals surface area contributed by atoms with E-state index in [4.69, 9.17) is 0 Å². The van der Waals surface area contributed by atoms with E-state index in [1.54, 1.807) is 5.57 Å². The summed E-state index contributed by atoms with van der Waals surface area (Å²) >= 11 is 0. The van der Waals surface area contributed by atoms with E-state index >= 15 is 0 Å². The molecular weight excluding hydrogens is 362 g/mol. The van der Waals surface area contributed by atoms with Gasteiger partial charge < -0.3 is 4.90 Å². The third-order valence-corrected chi connectivity index (χ3v) is 8.66. The first-order valence-corrected chi connectivity index (χ1v) is 13.6. The lowest BCUT2D eigenvalue weighted by atomic mass is 9.76. The second kappa shape index (κ2) is 12.5. The molecule has 1 fully saturated rings. The van der Waals surface area contributed by atoms with Gasteiger partial charge in [0.25, 0.3) is 0 Å². The van der Waals surface area contributed by atoms with Crippen LogP contribution in [0.25, 0.3) is 0 Å². The summed E-state index contributed by atoms with van der Waals surface area (Å²) in [6.07, 6.45) is 16.6. The molecule has 0 amide bonds. The van der Waals surface area contributed by atoms with Gasteiger partial charge in [0.05, 0.1) is 0 Å². The Labute approximate surface area is 190 Å². The molecule has 0 radical (unpaired) electrons. The van der Waals surface area contributed by atoms with E-state index in [0.29, 0.717) is 0 Å². The standard InChI is InChI=1S/C29H55N/c1-9-10-12-21(2)16-28-20-30(8)19-26(7)29(28)14-11-13-23(4)24(5)15-22(3)17-27-18-25(27)6/h20-27,29H,9-19H2,1-8H3. The van der Waals surface area contributed by atoms with Crippen molar-refractivity contribution in [1.82, 2.24) is 4.90 Å². The van der Waals surface area contributed by atoms with Crippen molar-refractivity contribution < 1.29 is 0 Å². The lowest BCUT2D eigenvalue weighted by molar-refractivity contribution is 0.234. The van der Waals surface area contributed by atoms with Gasteiger partial charge in [-0.1, -0.05) is 86.1 Å². The van der Waals surface area contributed by atoms with Crippen molar-refractivity contribution in [3.05, 3.63) is 11.8 Å². The summed E-state index contributed by atoms with van der Waals surface area (Å²) in [5.41, 5.74) is 1.76. The Morgan fingerprint density at radius 2 is 1.67 bits per heavy atom. The Morgan fingerprint density at radius 3 is 2.30 bits per heavy atom. The van der Waals surface area contributed by atoms with E-state index in [2.05, 4.69) is 66.6 Å². The van der Waals surface area contributed by atoms with Crippen LogP contribution in [0.3, 0.4) is 0 Å². The third-order valence-electron chi connectivity index (χ3n) is 8.66. The predicted molar refractivity (Wildman–Crippen MR) is 135 cm³/mol. The van der Waals surface area contributed by atoms with E-state index in [1.807, 2.05) is 0 Å². The molecule has 176 valence electrons. The predicted octanol–water partition coefficient (Wildman–Crippen LogP) is 8.80. The van der Waals surface area contributed by atoms with Crippen LogP contribution in [0.5, 0.6) is 0 Å². The zero-order chi connectivity index (χ0) is 22.3. The minimum atomic E-state index is 0.807. The maximum absolute atomic E-state index is 2.53. The van der Waals surface area contributed by atoms with Gasteiger partial charge in [-0.3, -0.25) is 0 Å². The van der Waals surface area contributed by atoms with Crippen molar-refractivity contribution in [3.8, 4) is 0 Å². The summed E-state index contributed by atoms with van der Waals surface area (Å²) in [6, 6.07) is 0. The van der Waals surface area contributed by atoms with Crippen molar-refractivity contribution in [2.24, 2.45) is 47.3 Å². The summed E-state index contributed by atoms with van der Waals surface area (Å²) in [5, 5.41) is 0. The molecule has 0 aromatic heterocycles. The fourth-order valence-corrected chi connectivity index (χ4v) is 6.26. The summed E-state index contributed by atoms with van der Waals surface area (Å²) in [5.74, 6) is 7.22. The lowest BCUT2D eigenvalue weighted by Gasteiger charge is -2.37. The topological polar surface area (TPSA) is 3.24 Å². The highest BCUT2D eigenvalue weighted by atomic mass is 15.1. The van der Waals surface area contributed by atoms with Crippen LogP contribution < -0.4 is 0 Å². The SMILES string of the molecule is CCCCC(C)CC1=CN(C)CC(C)C1CCCC(C)C(C)CC(C)CC1CC1C. The summed E-state index contributed by atoms with van der Waals surface area (Å²) < 4.78 is 0. The van der Waals surface area contributed by atoms with Crippen LogP contribution in [-0.4, -0.2) is 18.5 Å². The number of unbranched alkanes of at least 4 members (excludes halogenated alkanes) is 1. The highest BCUT2D eigenvalue weighted by Gasteiger charge is 2.34. The highest BCUT2D eigenvalue weighted by molar-refractivity contribution is 5.12. The van der Waals surface area contributed by atoms with Crippen LogP contribution in [0.2, 0.25) is 0 Å². The van der Waals surface area contributed by atoms with E-state index in [-0.39, 0.29) is 0 Å². The molecule has 1 aliphatic heterocycles. The highest BCUT2D eigenvalue weighted by Crippen LogP contribution is 2.44. The molecular formula is C29H55N. The lowest BCUT2D eigenvalue weighted by Crippen LogP contribution is -2.32. The Hall–Kier alpha value is -0.460. The molecule has 1 heterocycles. The second-order valence-electron chi connectivity index (χ2n) is 12.1. The molecule has 0 saturated heterocycles. The quantitative estimate of drug-likeness (QED) is 0.273. The summed E-state index contributed by atoms with van der Waals surface area (Å²) in [7, 11) is 2.27. The van der Waals surface area contributed by atoms with Gasteiger partial charge >= 0.3 is 0 Å². The third kappa shape index (κ3) is 8.58. The van der Waals surface area contributed by atoms with E-state index in [1.165, 1.54) is 70.8 Å². The summed E-state index contributed by atoms with van der Waals surface area (Å²) in [4.78, 5) is 2.45. The van der Waals surface area contributed by atoms with E-state index < -0.39 is 0 Å². The van der Waals surface area contributed by atoms with Crippen molar-refractivity contribution in [1.29, 1.82) is 0 Å². The molecule has 1 aliphatic carbocycles. The average Bonchev–Trinajstić information content (AvgIpc) is 3.35. The Kier molecular flexibility index (Phi) is 10.8. The summed E-state index contributed by atoms with van der Waals surface area (Å²) in [6.45, 7) is 18.5. The minimum Gasteiger partial charge on any atom is -0.380 e. The fraction of sp³-hybridized carbons (Fsp3) is 0.931. The van der Waals surface area contributed by atoms with Gasteiger partial charge in [0.2, 0.25) is 0 Å². The smallest absolute Gasteiger partial charge is 0.0200 e. The first-order chi connectivity index (χ1) is 14.2. The number of hydrogen-bond donors (Lipinski definition) is 0. The normalized spacial score (nSPS) is 30.5. The number of hydrogen-bond acceptors (Lipinski definition) is 1. The molecule has 8 unspecified atom stereocenters. The first kappa shape index (κ1) is 25.8. The molecule has 8 atom stereocenters. The molecule has 30 heavy (non-hydrogen) atoms. The monoisotopic (exact) mass is 417 g/mol. The molecule has 1 heteroatoms. The molecule has 0 aromatic rings. The molecule has 1 nitrogen and oxygen atoms in total. The zero-order valence-corrected chi connectivity index (χ0v) is 21.9. The van der Waals surface area contributed by atoms with E-state index in [9.17, 15) is 0 Å². The van der Waals surface area contributed by atoms with Crippen LogP contribution >= 0.6 is 0 Å². The van der Waals surface area contributed by atoms with Crippen LogP contribution in [0.15, 0.2) is 11.8 Å². The van der Waals surface area contributed by atoms with Crippen molar-refractivity contribution in [2.75, 3.05) is 13.6 Å². The molecule has 2 rings (SSSR count). The largest absolute Gasteiger partial charge is 0.380 e. The zero-order valence-electron chi connectivity index (χ0n) is 21.9. The first-order valence-electron chi connectivity index (χ1n) is 13.6. The molecule has 0 N–H and O–H groups in total. The number of rotatable bonds is 14. The van der Waals surface area contributed by atoms with Crippen molar-refractivity contribution >= 4 is 0 Å². The van der Waals surface area contributed by atoms with Gasteiger partial charge in [-0.25, -0.2) is 0 Å². The van der Waals surface area contributed by atoms with E-state index in [0.717, 1.165) is 47.3 Å². The maximum atomic E-state index is 2.53. The fourth-order valence-electron chi connectivity index (χ4n) is 6.26. The molecule has 0 bridgehead atoms. The molecule has 0 aromatic carbocycles. The van der Waals surface area contributed by atoms with Crippen LogP contribution in [-0.2, 0) is 0 Å². The van der Waals surface area contributed by atoms with Gasteiger partial charge in [0.15, 0.2) is 0 Å². The average molecular weight is 418 g/mol. The van der Waals surface area contributed by atoms with Gasteiger partial charge in [0.1, 0.15) is 0 Å². The molecule has 2 aliphatic rings. The maximum Gasteiger partial charge on any atom is 0.0200 e. The second-order valence-corrected chi connectivity index (χ2v) is 12.1. The number of allylic oxidation sites excluding steroid dienone is 1. The minimum absolute atomic E-state index is 0.807. The van der Waals surface area contributed by atoms with Crippen LogP contribution in [0.1, 0.15) is 113 Å². The molecule has 1 saturated carbocycles.